The van der Waals surface area contributed by atoms with Gasteiger partial charge in [-0.3, -0.25) is 0 Å². The van der Waals surface area contributed by atoms with Crippen LogP contribution >= 0.6 is 0 Å². The van der Waals surface area contributed by atoms with Crippen LogP contribution in [-0.2, 0) is 14.4 Å². The van der Waals surface area contributed by atoms with E-state index in [1.54, 1.807) is 0 Å². The van der Waals surface area contributed by atoms with Crippen LogP contribution in [0.5, 0.6) is 0 Å². The van der Waals surface area contributed by atoms with Crippen LogP contribution in [0.15, 0.2) is 36.5 Å². The molecule has 6 nitrogen and oxygen atoms in total. The van der Waals surface area contributed by atoms with Gasteiger partial charge in [-0.1, -0.05) is 154 Å². The van der Waals surface area contributed by atoms with Crippen molar-refractivity contribution in [3.8, 4) is 0 Å². The van der Waals surface area contributed by atoms with Gasteiger partial charge in [0.15, 0.2) is 0 Å². The molecule has 0 aliphatic carbocycles. The van der Waals surface area contributed by atoms with Gasteiger partial charge in [0.1, 0.15) is 0 Å². The third-order valence-electron chi connectivity index (χ3n) is 7.93. The zero-order valence-corrected chi connectivity index (χ0v) is 34.2. The fourth-order valence-electron chi connectivity index (χ4n) is 4.86. The molecule has 49 heavy (non-hydrogen) atoms. The fourth-order valence-corrected chi connectivity index (χ4v) is 4.86. The average molecular weight is 833 g/mol. The van der Waals surface area contributed by atoms with Gasteiger partial charge in [-0.15, -0.1) is 0 Å². The Morgan fingerprint density at radius 3 is 0.714 bits per heavy atom. The molecule has 0 saturated heterocycles. The molecule has 1 radical (unpaired) electrons. The maximum atomic E-state index is 10.1. The third kappa shape index (κ3) is 65.9. The maximum Gasteiger partial charge on any atom is 3.00 e. The summed E-state index contributed by atoms with van der Waals surface area (Å²) in [4.78, 5) is 30.4. The van der Waals surface area contributed by atoms with Crippen molar-refractivity contribution in [1.82, 2.24) is 0 Å². The third-order valence-corrected chi connectivity index (χ3v) is 7.93. The summed E-state index contributed by atoms with van der Waals surface area (Å²) < 4.78 is 0. The Hall–Kier alpha value is -1.05. The smallest absolute Gasteiger partial charge is 0.550 e. The van der Waals surface area contributed by atoms with E-state index in [0.717, 1.165) is 57.8 Å². The topological polar surface area (TPSA) is 120 Å². The summed E-state index contributed by atoms with van der Waals surface area (Å²) in [5.41, 5.74) is 0. The van der Waals surface area contributed by atoms with Gasteiger partial charge in [-0.25, -0.2) is 0 Å². The molecule has 7 heteroatoms. The molecular formula is C42H75GdO6. The first-order valence-corrected chi connectivity index (χ1v) is 19.9. The fraction of sp³-hybridized carbons (Fsp3) is 0.786. The predicted molar refractivity (Wildman–Crippen MR) is 198 cm³/mol. The quantitative estimate of drug-likeness (QED) is 0.0480. The van der Waals surface area contributed by atoms with Gasteiger partial charge in [0, 0.05) is 17.9 Å². The molecule has 0 heterocycles. The van der Waals surface area contributed by atoms with Gasteiger partial charge in [-0.05, 0) is 96.3 Å². The van der Waals surface area contributed by atoms with E-state index in [1.807, 2.05) is 0 Å². The normalized spacial score (nSPS) is 10.8. The number of unbranched alkanes of at least 4 members (excludes halogenated alkanes) is 21. The molecule has 0 aromatic heterocycles. The minimum Gasteiger partial charge on any atom is -0.550 e. The van der Waals surface area contributed by atoms with Crippen LogP contribution in [0.2, 0.25) is 0 Å². The summed E-state index contributed by atoms with van der Waals surface area (Å²) >= 11 is 0. The summed E-state index contributed by atoms with van der Waals surface area (Å²) in [6.07, 6.45) is 45.3. The minimum atomic E-state index is -0.918. The first kappa shape index (κ1) is 54.7. The van der Waals surface area contributed by atoms with Crippen LogP contribution < -0.4 is 15.3 Å². The molecule has 0 bridgehead atoms. The van der Waals surface area contributed by atoms with E-state index < -0.39 is 17.9 Å². The number of hydrogen-bond donors (Lipinski definition) is 0. The molecule has 0 fully saturated rings. The second-order valence-corrected chi connectivity index (χ2v) is 12.9. The Labute approximate surface area is 335 Å². The molecule has 0 aliphatic heterocycles. The Morgan fingerprint density at radius 1 is 0.327 bits per heavy atom. The molecule has 0 aromatic rings. The van der Waals surface area contributed by atoms with Gasteiger partial charge in [0.2, 0.25) is 0 Å². The second-order valence-electron chi connectivity index (χ2n) is 12.9. The molecule has 0 N–H and O–H groups in total. The van der Waals surface area contributed by atoms with Crippen LogP contribution in [0.4, 0.5) is 0 Å². The Balaban J connectivity index is -0.000000307. The number of rotatable bonds is 33. The standard InChI is InChI=1S/3C14H26O2.Gd/c3*1-2-3-4-5-6-7-8-9-10-11-12-13-14(15)16;/h3*5-6H,2-4,7-13H2,1H3,(H,15,16);/q;;;+3/p-3/b3*6-5-;. The van der Waals surface area contributed by atoms with E-state index in [4.69, 9.17) is 0 Å². The van der Waals surface area contributed by atoms with E-state index in [1.165, 1.54) is 116 Å². The van der Waals surface area contributed by atoms with Gasteiger partial charge in [-0.2, -0.15) is 0 Å². The van der Waals surface area contributed by atoms with Gasteiger partial charge in [0.05, 0.1) is 0 Å². The van der Waals surface area contributed by atoms with Crippen LogP contribution in [0.25, 0.3) is 0 Å². The summed E-state index contributed by atoms with van der Waals surface area (Å²) in [6.45, 7) is 6.63. The summed E-state index contributed by atoms with van der Waals surface area (Å²) in [5.74, 6) is -2.75. The largest absolute Gasteiger partial charge is 3.00 e. The van der Waals surface area contributed by atoms with Crippen molar-refractivity contribution in [3.05, 3.63) is 36.5 Å². The number of carbonyl (C=O) groups is 3. The first-order chi connectivity index (χ1) is 23.3. The number of aliphatic carboxylic acids is 3. The molecule has 0 aromatic carbocycles. The van der Waals surface area contributed by atoms with Gasteiger partial charge < -0.3 is 29.7 Å². The zero-order valence-electron chi connectivity index (χ0n) is 32.0. The summed E-state index contributed by atoms with van der Waals surface area (Å²) in [5, 5.41) is 30.4. The van der Waals surface area contributed by atoms with Crippen molar-refractivity contribution in [2.75, 3.05) is 0 Å². The van der Waals surface area contributed by atoms with Crippen LogP contribution in [0.1, 0.15) is 213 Å². The number of allylic oxidation sites excluding steroid dienone is 6. The second kappa shape index (κ2) is 51.3. The van der Waals surface area contributed by atoms with Crippen LogP contribution in [-0.4, -0.2) is 17.9 Å². The predicted octanol–water partition coefficient (Wildman–Crippen LogP) is 9.64. The monoisotopic (exact) mass is 833 g/mol. The SMILES string of the molecule is CCCC/C=C\CCCCCCCC(=O)[O-].CCCC/C=C\CCCCCCCC(=O)[O-].CCCC/C=C\CCCCCCCC(=O)[O-].[Gd+3]. The van der Waals surface area contributed by atoms with Crippen molar-refractivity contribution < 1.29 is 69.6 Å². The zero-order chi connectivity index (χ0) is 36.2. The molecule has 0 spiro atoms. The molecular weight excluding hydrogens is 758 g/mol. The Bertz CT molecular complexity index is 662. The van der Waals surface area contributed by atoms with Crippen LogP contribution in [0, 0.1) is 39.9 Å². The molecule has 0 atom stereocenters. The first-order valence-electron chi connectivity index (χ1n) is 19.9. The maximum absolute atomic E-state index is 10.1. The molecule has 0 rings (SSSR count). The van der Waals surface area contributed by atoms with Crippen molar-refractivity contribution in [1.29, 1.82) is 0 Å². The number of carboxylic acids is 3. The molecule has 0 amide bonds. The minimum absolute atomic E-state index is 0. The Morgan fingerprint density at radius 2 is 0.510 bits per heavy atom. The average Bonchev–Trinajstić information content (AvgIpc) is 3.05. The van der Waals surface area contributed by atoms with Gasteiger partial charge >= 0.3 is 39.9 Å². The van der Waals surface area contributed by atoms with E-state index in [-0.39, 0.29) is 59.2 Å². The van der Waals surface area contributed by atoms with E-state index in [0.29, 0.717) is 0 Å². The number of carbonyl (C=O) groups excluding carboxylic acids is 3. The van der Waals surface area contributed by atoms with Crippen LogP contribution in [0.3, 0.4) is 0 Å². The van der Waals surface area contributed by atoms with Crippen molar-refractivity contribution >= 4 is 17.9 Å². The van der Waals surface area contributed by atoms with E-state index in [9.17, 15) is 29.7 Å². The summed E-state index contributed by atoms with van der Waals surface area (Å²) in [7, 11) is 0. The van der Waals surface area contributed by atoms with Gasteiger partial charge in [0.25, 0.3) is 0 Å². The van der Waals surface area contributed by atoms with Crippen molar-refractivity contribution in [3.63, 3.8) is 0 Å². The molecule has 0 unspecified atom stereocenters. The molecule has 0 aliphatic rings. The van der Waals surface area contributed by atoms with E-state index in [2.05, 4.69) is 57.2 Å². The van der Waals surface area contributed by atoms with Crippen molar-refractivity contribution in [2.45, 2.75) is 213 Å². The summed E-state index contributed by atoms with van der Waals surface area (Å²) in [6, 6.07) is 0. The molecule has 0 saturated carbocycles. The van der Waals surface area contributed by atoms with Crippen molar-refractivity contribution in [2.24, 2.45) is 0 Å². The number of hydrogen-bond acceptors (Lipinski definition) is 6. The molecule has 287 valence electrons. The Kier molecular flexibility index (Phi) is 57.3. The number of carboxylic acid groups (broad SMARTS) is 3. The van der Waals surface area contributed by atoms with E-state index >= 15 is 0 Å².